The van der Waals surface area contributed by atoms with Gasteiger partial charge in [-0.25, -0.2) is 9.37 Å². The number of methoxy groups -OCH3 is 1. The number of anilines is 5. The number of hydrogen-bond donors (Lipinski definition) is 3. The number of benzene rings is 3. The lowest BCUT2D eigenvalue weighted by atomic mass is 10.0. The molecule has 65 heavy (non-hydrogen) atoms. The molecule has 3 fully saturated rings. The summed E-state index contributed by atoms with van der Waals surface area (Å²) in [4.78, 5) is 55.3. The Hall–Kier alpha value is -5.52. The fourth-order valence-corrected chi connectivity index (χ4v) is 10.6. The summed E-state index contributed by atoms with van der Waals surface area (Å²) in [6, 6.07) is 16.1. The minimum absolute atomic E-state index is 0.102. The van der Waals surface area contributed by atoms with Gasteiger partial charge in [-0.2, -0.15) is 4.98 Å². The molecule has 14 nitrogen and oxygen atoms in total. The molecule has 17 heteroatoms. The number of piperazine rings is 1. The number of carbonyl (C=O) groups is 3. The Labute approximate surface area is 385 Å². The van der Waals surface area contributed by atoms with Crippen LogP contribution in [0.2, 0.25) is 5.02 Å². The number of hydrogen-bond acceptors (Lipinski definition) is 12. The number of imide groups is 1. The molecular weight excluding hydrogens is 868 g/mol. The minimum atomic E-state index is -2.55. The molecule has 0 spiro atoms. The van der Waals surface area contributed by atoms with E-state index in [4.69, 9.17) is 16.3 Å². The van der Waals surface area contributed by atoms with E-state index in [1.165, 1.54) is 23.2 Å². The Morgan fingerprint density at radius 1 is 0.938 bits per heavy atom. The highest BCUT2D eigenvalue weighted by Crippen LogP contribution is 2.39. The van der Waals surface area contributed by atoms with Gasteiger partial charge in [0.05, 0.1) is 30.2 Å². The second kappa shape index (κ2) is 20.3. The van der Waals surface area contributed by atoms with Crippen LogP contribution in [0, 0.1) is 17.7 Å². The summed E-state index contributed by atoms with van der Waals surface area (Å²) >= 11 is 6.49. The Balaban J connectivity index is 0.754. The average molecular weight is 924 g/mol. The highest BCUT2D eigenvalue weighted by Gasteiger charge is 2.40. The number of fused-ring (bicyclic) bond motifs is 1. The highest BCUT2D eigenvalue weighted by atomic mass is 35.5. The van der Waals surface area contributed by atoms with Crippen molar-refractivity contribution in [1.29, 1.82) is 0 Å². The van der Waals surface area contributed by atoms with Crippen LogP contribution in [-0.4, -0.2) is 121 Å². The van der Waals surface area contributed by atoms with Crippen LogP contribution in [0.25, 0.3) is 0 Å². The van der Waals surface area contributed by atoms with Crippen LogP contribution in [0.1, 0.15) is 72.9 Å². The minimum Gasteiger partial charge on any atom is -0.494 e. The van der Waals surface area contributed by atoms with Crippen molar-refractivity contribution >= 4 is 70.6 Å². The van der Waals surface area contributed by atoms with E-state index in [1.54, 1.807) is 20.4 Å². The first-order valence-corrected chi connectivity index (χ1v) is 25.4. The van der Waals surface area contributed by atoms with Gasteiger partial charge in [-0.1, -0.05) is 42.0 Å². The van der Waals surface area contributed by atoms with Gasteiger partial charge in [0.1, 0.15) is 29.8 Å². The second-order valence-corrected chi connectivity index (χ2v) is 21.0. The molecule has 5 heterocycles. The number of piperidine rings is 2. The number of aromatic nitrogens is 2. The van der Waals surface area contributed by atoms with Crippen molar-refractivity contribution in [3.05, 3.63) is 88.3 Å². The zero-order valence-corrected chi connectivity index (χ0v) is 38.8. The third-order valence-electron chi connectivity index (χ3n) is 12.8. The number of halogens is 2. The van der Waals surface area contributed by atoms with Gasteiger partial charge in [0.25, 0.3) is 5.91 Å². The third-order valence-corrected chi connectivity index (χ3v) is 14.7. The first-order chi connectivity index (χ1) is 31.4. The topological polar surface area (TPSA) is 152 Å². The largest absolute Gasteiger partial charge is 0.494 e. The molecule has 4 aliphatic rings. The van der Waals surface area contributed by atoms with Gasteiger partial charge < -0.3 is 34.6 Å². The number of rotatable bonds is 14. The summed E-state index contributed by atoms with van der Waals surface area (Å²) in [7, 11) is -0.898. The number of unbranched alkanes of at least 4 members (excludes halogenated alkanes) is 3. The third kappa shape index (κ3) is 10.8. The quantitative estimate of drug-likeness (QED) is 0.0519. The van der Waals surface area contributed by atoms with Crippen LogP contribution in [0.5, 0.6) is 5.75 Å². The maximum Gasteiger partial charge on any atom is 0.255 e. The van der Waals surface area contributed by atoms with E-state index in [0.29, 0.717) is 57.1 Å². The van der Waals surface area contributed by atoms with Crippen molar-refractivity contribution in [2.75, 3.05) is 81.8 Å². The van der Waals surface area contributed by atoms with E-state index in [1.807, 2.05) is 30.3 Å². The normalized spacial score (nSPS) is 18.5. The molecular formula is C48H56ClFN9O5P. The van der Waals surface area contributed by atoms with Gasteiger partial charge in [0.15, 0.2) is 5.82 Å². The lowest BCUT2D eigenvalue weighted by Gasteiger charge is -2.43. The van der Waals surface area contributed by atoms with E-state index in [-0.39, 0.29) is 36.8 Å². The number of carbonyl (C=O) groups excluding carboxylic acids is 3. The van der Waals surface area contributed by atoms with Gasteiger partial charge in [-0.05, 0) is 88.4 Å². The lowest BCUT2D eigenvalue weighted by molar-refractivity contribution is -0.136. The average Bonchev–Trinajstić information content (AvgIpc) is 3.63. The number of amides is 3. The number of nitrogens with one attached hydrogen (secondary N) is 3. The van der Waals surface area contributed by atoms with Gasteiger partial charge in [0, 0.05) is 92.9 Å². The van der Waals surface area contributed by atoms with E-state index in [2.05, 4.69) is 64.6 Å². The van der Waals surface area contributed by atoms with E-state index in [9.17, 15) is 23.3 Å². The van der Waals surface area contributed by atoms with Crippen molar-refractivity contribution < 1.29 is 28.1 Å². The summed E-state index contributed by atoms with van der Waals surface area (Å²) < 4.78 is 33.7. The van der Waals surface area contributed by atoms with Crippen molar-refractivity contribution in [3.63, 3.8) is 0 Å². The molecule has 8 rings (SSSR count). The maximum atomic E-state index is 14.9. The standard InChI is InChI=1S/C48H56ClFN9O5P/c1-64-42-29-33(14-17-39(42)53-48-51-30-37(49)45(55-48)52-40-12-8-9-13-43(40)65(2,3)63)57-23-20-32(21-24-57)58-27-25-56(26-28-58)22-10-6-4-5-7-11-34-36-31-59(41-18-19-44(60)54-46(41)61)47(62)35(36)15-16-38(34)50/h8-9,12-17,29-30,32,41H,4-6,10,18-28,31H2,1-3H3,(H,54,60,61)(H2,51,52,53,55). The Morgan fingerprint density at radius 2 is 1.72 bits per heavy atom. The van der Waals surface area contributed by atoms with Crippen molar-refractivity contribution in [2.24, 2.45) is 0 Å². The van der Waals surface area contributed by atoms with E-state index < -0.39 is 24.9 Å². The molecule has 342 valence electrons. The zero-order valence-electron chi connectivity index (χ0n) is 37.2. The molecule has 0 bridgehead atoms. The first kappa shape index (κ1) is 46.0. The van der Waals surface area contributed by atoms with Crippen LogP contribution >= 0.6 is 18.7 Å². The van der Waals surface area contributed by atoms with Crippen molar-refractivity contribution in [1.82, 2.24) is 30.0 Å². The molecule has 1 unspecified atom stereocenters. The molecule has 3 saturated heterocycles. The summed E-state index contributed by atoms with van der Waals surface area (Å²) in [5.41, 5.74) is 3.61. The molecule has 0 aliphatic carbocycles. The maximum absolute atomic E-state index is 14.9. The number of para-hydroxylation sites is 1. The first-order valence-electron chi connectivity index (χ1n) is 22.4. The highest BCUT2D eigenvalue weighted by molar-refractivity contribution is 7.70. The van der Waals surface area contributed by atoms with Gasteiger partial charge in [0.2, 0.25) is 17.8 Å². The SMILES string of the molecule is COc1cc(N2CCC(N3CCN(CCCCCC#Cc4c(F)ccc5c4CN(C4CCC(=O)NC4=O)C5=O)CC3)CC2)ccc1Nc1ncc(Cl)c(Nc2ccccc2P(C)(C)=O)n1. The second-order valence-electron chi connectivity index (χ2n) is 17.4. The van der Waals surface area contributed by atoms with Crippen LogP contribution in [0.3, 0.4) is 0 Å². The van der Waals surface area contributed by atoms with Crippen LogP contribution < -0.4 is 30.9 Å². The number of ether oxygens (including phenoxy) is 1. The van der Waals surface area contributed by atoms with Crippen LogP contribution in [-0.2, 0) is 20.7 Å². The molecule has 1 atom stereocenters. The summed E-state index contributed by atoms with van der Waals surface area (Å²) in [5, 5.41) is 9.89. The van der Waals surface area contributed by atoms with E-state index >= 15 is 0 Å². The Bertz CT molecular complexity index is 2550. The predicted molar refractivity (Wildman–Crippen MR) is 253 cm³/mol. The molecule has 3 N–H and O–H groups in total. The van der Waals surface area contributed by atoms with Gasteiger partial charge >= 0.3 is 0 Å². The summed E-state index contributed by atoms with van der Waals surface area (Å²) in [6.45, 7) is 10.8. The fourth-order valence-electron chi connectivity index (χ4n) is 9.26. The van der Waals surface area contributed by atoms with Gasteiger partial charge in [-0.3, -0.25) is 24.6 Å². The Kier molecular flexibility index (Phi) is 14.4. The van der Waals surface area contributed by atoms with Crippen LogP contribution in [0.15, 0.2) is 60.8 Å². The predicted octanol–water partition coefficient (Wildman–Crippen LogP) is 6.97. The summed E-state index contributed by atoms with van der Waals surface area (Å²) in [5.74, 6) is 5.90. The zero-order chi connectivity index (χ0) is 45.7. The smallest absolute Gasteiger partial charge is 0.255 e. The van der Waals surface area contributed by atoms with Crippen molar-refractivity contribution in [3.8, 4) is 17.6 Å². The fraction of sp³-hybridized carbons (Fsp3) is 0.438. The van der Waals surface area contributed by atoms with Crippen LogP contribution in [0.4, 0.5) is 33.2 Å². The van der Waals surface area contributed by atoms with E-state index in [0.717, 1.165) is 89.3 Å². The lowest BCUT2D eigenvalue weighted by Crippen LogP contribution is -2.53. The molecule has 3 aromatic carbocycles. The Morgan fingerprint density at radius 3 is 2.48 bits per heavy atom. The molecule has 4 aromatic rings. The molecule has 0 radical (unpaired) electrons. The van der Waals surface area contributed by atoms with Gasteiger partial charge in [-0.15, -0.1) is 0 Å². The number of nitrogens with zero attached hydrogens (tertiary/aromatic N) is 6. The molecule has 4 aliphatic heterocycles. The monoisotopic (exact) mass is 923 g/mol. The molecule has 1 aromatic heterocycles. The summed E-state index contributed by atoms with van der Waals surface area (Å²) in [6.07, 6.45) is 7.78. The molecule has 0 saturated carbocycles. The van der Waals surface area contributed by atoms with Crippen molar-refractivity contribution in [2.45, 2.75) is 70.0 Å². The molecule has 3 amide bonds.